The number of rotatable bonds is 5. The summed E-state index contributed by atoms with van der Waals surface area (Å²) in [5.41, 5.74) is 1.14. The Labute approximate surface area is 186 Å². The van der Waals surface area contributed by atoms with Crippen LogP contribution in [0.4, 0.5) is 5.82 Å². The molecule has 3 fully saturated rings. The summed E-state index contributed by atoms with van der Waals surface area (Å²) in [5, 5.41) is 6.89. The van der Waals surface area contributed by atoms with Crippen LogP contribution < -0.4 is 15.5 Å². The molecule has 1 amide bonds. The van der Waals surface area contributed by atoms with Crippen LogP contribution in [0.2, 0.25) is 0 Å². The Hall–Kier alpha value is -2.31. The number of hydrogen-bond acceptors (Lipinski definition) is 4. The minimum Gasteiger partial charge on any atom is -0.357 e. The third kappa shape index (κ3) is 5.69. The first-order chi connectivity index (χ1) is 15.1. The van der Waals surface area contributed by atoms with Crippen molar-refractivity contribution in [1.29, 1.82) is 0 Å². The highest BCUT2D eigenvalue weighted by atomic mass is 16.2. The van der Waals surface area contributed by atoms with Crippen molar-refractivity contribution in [1.82, 2.24) is 20.5 Å². The summed E-state index contributed by atoms with van der Waals surface area (Å²) < 4.78 is 0. The van der Waals surface area contributed by atoms with Gasteiger partial charge in [-0.3, -0.25) is 9.79 Å². The molecule has 1 aromatic heterocycles. The van der Waals surface area contributed by atoms with Gasteiger partial charge in [0.25, 0.3) is 0 Å². The molecular formula is C24H38N6O. The summed E-state index contributed by atoms with van der Waals surface area (Å²) in [5.74, 6) is 3.32. The lowest BCUT2D eigenvalue weighted by atomic mass is 9.99. The predicted molar refractivity (Wildman–Crippen MR) is 125 cm³/mol. The van der Waals surface area contributed by atoms with Gasteiger partial charge in [0.15, 0.2) is 5.96 Å². The Morgan fingerprint density at radius 1 is 1.13 bits per heavy atom. The van der Waals surface area contributed by atoms with E-state index in [1.807, 2.05) is 11.1 Å². The third-order valence-corrected chi connectivity index (χ3v) is 7.15. The molecule has 0 aromatic carbocycles. The highest BCUT2D eigenvalue weighted by molar-refractivity contribution is 5.81. The number of aromatic nitrogens is 1. The van der Waals surface area contributed by atoms with Crippen LogP contribution in [0.5, 0.6) is 0 Å². The van der Waals surface area contributed by atoms with E-state index in [4.69, 9.17) is 0 Å². The standard InChI is InChI=1S/C24H38N6O/c1-18-9-12-29(13-10-18)22-8-7-19(15-26-22)16-27-24(25-2)28-21-11-14-30(17-21)23(31)20-5-3-4-6-20/h7-8,15,18,20-21H,3-6,9-14,16-17H2,1-2H3,(H2,25,27,28). The zero-order chi connectivity index (χ0) is 21.6. The zero-order valence-electron chi connectivity index (χ0n) is 19.1. The van der Waals surface area contributed by atoms with E-state index < -0.39 is 0 Å². The Bertz CT molecular complexity index is 750. The predicted octanol–water partition coefficient (Wildman–Crippen LogP) is 2.77. The normalized spacial score (nSPS) is 23.4. The van der Waals surface area contributed by atoms with Crippen molar-refractivity contribution in [2.24, 2.45) is 16.8 Å². The molecular weight excluding hydrogens is 388 g/mol. The third-order valence-electron chi connectivity index (χ3n) is 7.15. The van der Waals surface area contributed by atoms with Gasteiger partial charge < -0.3 is 20.4 Å². The fourth-order valence-corrected chi connectivity index (χ4v) is 5.03. The lowest BCUT2D eigenvalue weighted by Gasteiger charge is -2.31. The molecule has 1 aromatic rings. The van der Waals surface area contributed by atoms with Crippen molar-refractivity contribution in [2.75, 3.05) is 38.1 Å². The monoisotopic (exact) mass is 426 g/mol. The summed E-state index contributed by atoms with van der Waals surface area (Å²) in [6, 6.07) is 4.55. The SMILES string of the molecule is CN=C(NCc1ccc(N2CCC(C)CC2)nc1)NC1CCN(C(=O)C2CCCC2)C1. The van der Waals surface area contributed by atoms with Gasteiger partial charge in [0.05, 0.1) is 0 Å². The van der Waals surface area contributed by atoms with Crippen LogP contribution in [0, 0.1) is 11.8 Å². The van der Waals surface area contributed by atoms with E-state index in [2.05, 4.69) is 44.6 Å². The Morgan fingerprint density at radius 2 is 1.90 bits per heavy atom. The fraction of sp³-hybridized carbons (Fsp3) is 0.708. The second-order valence-corrected chi connectivity index (χ2v) is 9.52. The van der Waals surface area contributed by atoms with Gasteiger partial charge in [0.1, 0.15) is 5.82 Å². The average Bonchev–Trinajstić information content (AvgIpc) is 3.50. The molecule has 3 aliphatic rings. The van der Waals surface area contributed by atoms with Crippen LogP contribution in [0.1, 0.15) is 57.4 Å². The van der Waals surface area contributed by atoms with Crippen LogP contribution in [-0.2, 0) is 11.3 Å². The molecule has 1 unspecified atom stereocenters. The minimum atomic E-state index is 0.263. The van der Waals surface area contributed by atoms with E-state index >= 15 is 0 Å². The van der Waals surface area contributed by atoms with Crippen molar-refractivity contribution in [3.8, 4) is 0 Å². The van der Waals surface area contributed by atoms with E-state index in [-0.39, 0.29) is 12.0 Å². The number of amides is 1. The Morgan fingerprint density at radius 3 is 2.58 bits per heavy atom. The number of carbonyl (C=O) groups excluding carboxylic acids is 1. The lowest BCUT2D eigenvalue weighted by molar-refractivity contribution is -0.134. The van der Waals surface area contributed by atoms with Gasteiger partial charge in [-0.2, -0.15) is 0 Å². The van der Waals surface area contributed by atoms with Gasteiger partial charge in [-0.25, -0.2) is 4.98 Å². The van der Waals surface area contributed by atoms with Crippen LogP contribution >= 0.6 is 0 Å². The molecule has 4 rings (SSSR count). The van der Waals surface area contributed by atoms with Crippen molar-refractivity contribution in [3.63, 3.8) is 0 Å². The van der Waals surface area contributed by atoms with Crippen molar-refractivity contribution in [3.05, 3.63) is 23.9 Å². The highest BCUT2D eigenvalue weighted by Crippen LogP contribution is 2.28. The largest absolute Gasteiger partial charge is 0.357 e. The van der Waals surface area contributed by atoms with Crippen molar-refractivity contribution < 1.29 is 4.79 Å². The summed E-state index contributed by atoms with van der Waals surface area (Å²) >= 11 is 0. The minimum absolute atomic E-state index is 0.263. The first-order valence-corrected chi connectivity index (χ1v) is 12.1. The van der Waals surface area contributed by atoms with Gasteiger partial charge >= 0.3 is 0 Å². The van der Waals surface area contributed by atoms with Gasteiger partial charge in [-0.05, 0) is 49.7 Å². The number of pyridine rings is 1. The molecule has 1 aliphatic carbocycles. The summed E-state index contributed by atoms with van der Waals surface area (Å²) in [6.07, 6.45) is 9.98. The number of nitrogens with zero attached hydrogens (tertiary/aromatic N) is 4. The molecule has 0 radical (unpaired) electrons. The molecule has 170 valence electrons. The van der Waals surface area contributed by atoms with Gasteiger partial charge in [-0.15, -0.1) is 0 Å². The number of anilines is 1. The molecule has 2 N–H and O–H groups in total. The van der Waals surface area contributed by atoms with Crippen molar-refractivity contribution >= 4 is 17.7 Å². The molecule has 2 saturated heterocycles. The number of likely N-dealkylation sites (tertiary alicyclic amines) is 1. The quantitative estimate of drug-likeness (QED) is 0.560. The molecule has 7 nitrogen and oxygen atoms in total. The highest BCUT2D eigenvalue weighted by Gasteiger charge is 2.32. The maximum atomic E-state index is 12.7. The summed E-state index contributed by atoms with van der Waals surface area (Å²) in [6.45, 7) is 6.85. The Balaban J connectivity index is 1.22. The number of nitrogens with one attached hydrogen (secondary N) is 2. The summed E-state index contributed by atoms with van der Waals surface area (Å²) in [7, 11) is 1.80. The molecule has 31 heavy (non-hydrogen) atoms. The number of hydrogen-bond donors (Lipinski definition) is 2. The van der Waals surface area contributed by atoms with E-state index in [1.165, 1.54) is 25.7 Å². The molecule has 1 saturated carbocycles. The number of carbonyl (C=O) groups is 1. The van der Waals surface area contributed by atoms with Crippen LogP contribution in [0.15, 0.2) is 23.3 Å². The molecule has 1 atom stereocenters. The maximum absolute atomic E-state index is 12.7. The van der Waals surface area contributed by atoms with Gasteiger partial charge in [-0.1, -0.05) is 25.8 Å². The molecule has 2 aliphatic heterocycles. The maximum Gasteiger partial charge on any atom is 0.225 e. The second kappa shape index (κ2) is 10.3. The van der Waals surface area contributed by atoms with E-state index in [0.29, 0.717) is 12.5 Å². The van der Waals surface area contributed by atoms with Crippen molar-refractivity contribution in [2.45, 2.75) is 64.5 Å². The van der Waals surface area contributed by atoms with E-state index in [0.717, 1.165) is 68.7 Å². The van der Waals surface area contributed by atoms with Crippen LogP contribution in [-0.4, -0.2) is 61.0 Å². The molecule has 0 bridgehead atoms. The summed E-state index contributed by atoms with van der Waals surface area (Å²) in [4.78, 5) is 26.1. The number of guanidine groups is 1. The van der Waals surface area contributed by atoms with Gasteiger partial charge in [0.2, 0.25) is 5.91 Å². The lowest BCUT2D eigenvalue weighted by Crippen LogP contribution is -2.45. The second-order valence-electron chi connectivity index (χ2n) is 9.52. The molecule has 3 heterocycles. The van der Waals surface area contributed by atoms with Crippen LogP contribution in [0.3, 0.4) is 0 Å². The van der Waals surface area contributed by atoms with Gasteiger partial charge in [0, 0.05) is 57.9 Å². The van der Waals surface area contributed by atoms with E-state index in [1.54, 1.807) is 7.05 Å². The fourth-order valence-electron chi connectivity index (χ4n) is 5.03. The number of aliphatic imine (C=N–C) groups is 1. The average molecular weight is 427 g/mol. The Kier molecular flexibility index (Phi) is 7.30. The number of piperidine rings is 1. The first kappa shape index (κ1) is 21.9. The topological polar surface area (TPSA) is 72.9 Å². The smallest absolute Gasteiger partial charge is 0.225 e. The van der Waals surface area contributed by atoms with E-state index in [9.17, 15) is 4.79 Å². The molecule has 0 spiro atoms. The first-order valence-electron chi connectivity index (χ1n) is 12.1. The zero-order valence-corrected chi connectivity index (χ0v) is 19.1. The van der Waals surface area contributed by atoms with Crippen LogP contribution in [0.25, 0.3) is 0 Å². The molecule has 7 heteroatoms.